The number of fused-ring (bicyclic) bond motifs is 1. The van der Waals surface area contributed by atoms with E-state index in [-0.39, 0.29) is 38.6 Å². The Hall–Kier alpha value is -2.92. The summed E-state index contributed by atoms with van der Waals surface area (Å²) in [7, 11) is 0. The first-order valence-electron chi connectivity index (χ1n) is 16.3. The van der Waals surface area contributed by atoms with Crippen molar-refractivity contribution in [3.63, 3.8) is 0 Å². The molecule has 228 valence electrons. The minimum absolute atomic E-state index is 0.0236. The van der Waals surface area contributed by atoms with Gasteiger partial charge in [0.15, 0.2) is 0 Å². The summed E-state index contributed by atoms with van der Waals surface area (Å²) >= 11 is -0.0423. The molecule has 2 aliphatic rings. The number of benzene rings is 2. The second kappa shape index (κ2) is 14.7. The molecule has 0 radical (unpaired) electrons. The van der Waals surface area contributed by atoms with Crippen molar-refractivity contribution < 1.29 is 4.79 Å². The number of imidazole rings is 1. The smallest absolute Gasteiger partial charge is 0.226 e. The van der Waals surface area contributed by atoms with Crippen molar-refractivity contribution in [3.05, 3.63) is 69.1 Å². The van der Waals surface area contributed by atoms with Gasteiger partial charge in [-0.1, -0.05) is 98.6 Å². The fraction of sp³-hybridized carbons (Fsp3) is 0.486. The first-order chi connectivity index (χ1) is 20.9. The number of H-pyrrole nitrogens is 1. The van der Waals surface area contributed by atoms with Crippen LogP contribution in [0, 0.1) is 29.6 Å². The molecule has 1 aromatic heterocycles. The summed E-state index contributed by atoms with van der Waals surface area (Å²) in [6.45, 7) is 11.9. The van der Waals surface area contributed by atoms with Gasteiger partial charge in [0.1, 0.15) is 5.82 Å². The summed E-state index contributed by atoms with van der Waals surface area (Å²) in [6, 6.07) is 14.8. The van der Waals surface area contributed by atoms with Crippen LogP contribution in [-0.2, 0) is 4.79 Å². The molecule has 6 heteroatoms. The van der Waals surface area contributed by atoms with E-state index in [1.54, 1.807) is 3.63 Å². The minimum atomic E-state index is -0.0423. The van der Waals surface area contributed by atoms with Gasteiger partial charge in [-0.3, -0.25) is 4.79 Å². The van der Waals surface area contributed by atoms with Crippen LogP contribution in [0.2, 0.25) is 0 Å². The molecule has 3 atom stereocenters. The van der Waals surface area contributed by atoms with Gasteiger partial charge in [0, 0.05) is 29.5 Å². The number of aromatic amines is 1. The molecule has 3 heterocycles. The average Bonchev–Trinajstić information content (AvgIpc) is 3.78. The van der Waals surface area contributed by atoms with Crippen LogP contribution in [0.15, 0.2) is 46.5 Å². The number of nitrogens with zero attached hydrogens (tertiary/aromatic N) is 2. The Kier molecular flexibility index (Phi) is 10.8. The predicted molar refractivity (Wildman–Crippen MR) is 189 cm³/mol. The second-order valence-corrected chi connectivity index (χ2v) is 14.8. The topological polar surface area (TPSA) is 61.0 Å². The SMILES string of the molecule is CCCC[C@H](CC)C1=IC=C(c2ccc(C#Cc3ccc4nc([C@@H]5CCCN5C(=O)[C@H](CCC)C(C)C)[nH]c4c3)cc2)N1. The number of nitrogens with one attached hydrogen (secondary N) is 2. The van der Waals surface area contributed by atoms with Gasteiger partial charge in [0.05, 0.1) is 26.4 Å². The molecular weight excluding hydrogens is 643 g/mol. The molecule has 1 fully saturated rings. The molecule has 43 heavy (non-hydrogen) atoms. The molecule has 1 amide bonds. The zero-order valence-corrected chi connectivity index (χ0v) is 28.6. The van der Waals surface area contributed by atoms with Gasteiger partial charge in [-0.25, -0.2) is 4.98 Å². The fourth-order valence-corrected chi connectivity index (χ4v) is 9.18. The van der Waals surface area contributed by atoms with Crippen molar-refractivity contribution in [2.75, 3.05) is 6.54 Å². The highest BCUT2D eigenvalue weighted by Crippen LogP contribution is 2.35. The normalized spacial score (nSPS) is 18.0. The molecule has 5 rings (SSSR count). The van der Waals surface area contributed by atoms with Crippen molar-refractivity contribution in [1.29, 1.82) is 0 Å². The Morgan fingerprint density at radius 1 is 1.05 bits per heavy atom. The van der Waals surface area contributed by atoms with Crippen molar-refractivity contribution >= 4 is 47.0 Å². The fourth-order valence-electron chi connectivity index (χ4n) is 6.31. The highest BCUT2D eigenvalue weighted by atomic mass is 127. The molecule has 0 spiro atoms. The number of aromatic nitrogens is 2. The number of unbranched alkanes of at least 4 members (excludes halogenated alkanes) is 1. The van der Waals surface area contributed by atoms with E-state index in [2.05, 4.69) is 96.1 Å². The number of carbonyl (C=O) groups is 1. The summed E-state index contributed by atoms with van der Waals surface area (Å²) in [4.78, 5) is 24.0. The molecule has 1 saturated heterocycles. The lowest BCUT2D eigenvalue weighted by molar-refractivity contribution is -0.138. The summed E-state index contributed by atoms with van der Waals surface area (Å²) in [5, 5.41) is 3.77. The molecule has 2 aromatic carbocycles. The average molecular weight is 691 g/mol. The van der Waals surface area contributed by atoms with Crippen molar-refractivity contribution in [2.45, 2.75) is 92.0 Å². The number of hydrogen-bond acceptors (Lipinski definition) is 3. The van der Waals surface area contributed by atoms with E-state index in [9.17, 15) is 4.79 Å². The molecular formula is C37H47IN4O. The summed E-state index contributed by atoms with van der Waals surface area (Å²) in [6.07, 6.45) is 9.04. The maximum Gasteiger partial charge on any atom is 0.226 e. The number of hydrogen-bond donors (Lipinski definition) is 2. The highest BCUT2D eigenvalue weighted by Gasteiger charge is 2.36. The molecule has 2 N–H and O–H groups in total. The van der Waals surface area contributed by atoms with Crippen LogP contribution < -0.4 is 5.32 Å². The van der Waals surface area contributed by atoms with Crippen molar-refractivity contribution in [2.24, 2.45) is 17.8 Å². The number of halogens is 1. The number of carbonyl (C=O) groups excluding carboxylic acids is 1. The van der Waals surface area contributed by atoms with Gasteiger partial charge in [-0.05, 0) is 78.0 Å². The van der Waals surface area contributed by atoms with Crippen molar-refractivity contribution in [3.8, 4) is 11.8 Å². The largest absolute Gasteiger partial charge is 0.353 e. The zero-order chi connectivity index (χ0) is 30.3. The van der Waals surface area contributed by atoms with Gasteiger partial charge in [-0.15, -0.1) is 0 Å². The summed E-state index contributed by atoms with van der Waals surface area (Å²) in [5.41, 5.74) is 6.37. The van der Waals surface area contributed by atoms with E-state index in [0.717, 1.165) is 60.2 Å². The number of amides is 1. The zero-order valence-electron chi connectivity index (χ0n) is 26.5. The Morgan fingerprint density at radius 3 is 2.53 bits per heavy atom. The van der Waals surface area contributed by atoms with E-state index >= 15 is 0 Å². The quantitative estimate of drug-likeness (QED) is 0.156. The highest BCUT2D eigenvalue weighted by molar-refractivity contribution is 14.2. The van der Waals surface area contributed by atoms with E-state index in [0.29, 0.717) is 11.8 Å². The molecule has 0 unspecified atom stereocenters. The Balaban J connectivity index is 1.25. The lowest BCUT2D eigenvalue weighted by Gasteiger charge is -2.29. The Bertz CT molecular complexity index is 1540. The standard InChI is InChI=1S/C37H47IN4O/c1-6-9-12-28(8-3)35-38-24-33(39-35)29-19-16-26(17-20-29)14-15-27-18-21-31-32(23-27)41-36(40-31)34-13-10-22-42(34)37(43)30(11-7-2)25(4)5/h16-21,23-25,28,30,34,39H,6-13,22H2,1-5H3,(H,40,41)/t28-,30+,34-/m0/s1. The first kappa shape index (κ1) is 31.5. The maximum absolute atomic E-state index is 13.5. The first-order valence-corrected chi connectivity index (χ1v) is 18.6. The van der Waals surface area contributed by atoms with E-state index in [4.69, 9.17) is 4.98 Å². The van der Waals surface area contributed by atoms with Crippen LogP contribution in [0.1, 0.15) is 115 Å². The summed E-state index contributed by atoms with van der Waals surface area (Å²) in [5.74, 6) is 9.01. The molecule has 3 aromatic rings. The lowest BCUT2D eigenvalue weighted by atomic mass is 9.90. The molecule has 0 saturated carbocycles. The predicted octanol–water partition coefficient (Wildman–Crippen LogP) is 8.92. The van der Waals surface area contributed by atoms with Crippen LogP contribution in [0.4, 0.5) is 0 Å². The minimum Gasteiger partial charge on any atom is -0.353 e. The van der Waals surface area contributed by atoms with Crippen molar-refractivity contribution in [1.82, 2.24) is 20.2 Å². The summed E-state index contributed by atoms with van der Waals surface area (Å²) < 4.78 is 4.01. The third-order valence-electron chi connectivity index (χ3n) is 8.91. The van der Waals surface area contributed by atoms with Gasteiger partial charge in [0.25, 0.3) is 0 Å². The van der Waals surface area contributed by atoms with Gasteiger partial charge in [-0.2, -0.15) is 0 Å². The second-order valence-electron chi connectivity index (χ2n) is 12.4. The third kappa shape index (κ3) is 7.42. The monoisotopic (exact) mass is 690 g/mol. The van der Waals surface area contributed by atoms with Crippen LogP contribution in [0.3, 0.4) is 0 Å². The van der Waals surface area contributed by atoms with Crippen LogP contribution in [0.25, 0.3) is 16.7 Å². The Labute approximate surface area is 268 Å². The van der Waals surface area contributed by atoms with Gasteiger partial charge in [0.2, 0.25) is 5.91 Å². The van der Waals surface area contributed by atoms with E-state index < -0.39 is 0 Å². The van der Waals surface area contributed by atoms with E-state index in [1.807, 2.05) is 12.1 Å². The lowest BCUT2D eigenvalue weighted by Crippen LogP contribution is -2.38. The van der Waals surface area contributed by atoms with E-state index in [1.165, 1.54) is 36.9 Å². The van der Waals surface area contributed by atoms with Gasteiger partial charge < -0.3 is 15.2 Å². The number of likely N-dealkylation sites (tertiary alicyclic amines) is 1. The third-order valence-corrected chi connectivity index (χ3v) is 11.7. The van der Waals surface area contributed by atoms with Crippen LogP contribution in [0.5, 0.6) is 0 Å². The molecule has 5 nitrogen and oxygen atoms in total. The maximum atomic E-state index is 13.5. The number of rotatable bonds is 11. The molecule has 0 bridgehead atoms. The van der Waals surface area contributed by atoms with Crippen LogP contribution >= 0.6 is 20.7 Å². The van der Waals surface area contributed by atoms with Gasteiger partial charge >= 0.3 is 0 Å². The van der Waals surface area contributed by atoms with Crippen LogP contribution in [-0.4, -0.2) is 31.0 Å². The molecule has 0 aliphatic carbocycles. The molecule has 2 aliphatic heterocycles. The Morgan fingerprint density at radius 2 is 1.81 bits per heavy atom.